The van der Waals surface area contributed by atoms with Crippen LogP contribution in [0.15, 0.2) is 52.6 Å². The molecule has 28 heavy (non-hydrogen) atoms. The third-order valence-electron chi connectivity index (χ3n) is 3.98. The fourth-order valence-electron chi connectivity index (χ4n) is 2.64. The summed E-state index contributed by atoms with van der Waals surface area (Å²) in [5.74, 6) is 0.794. The maximum Gasteiger partial charge on any atom is 0.262 e. The summed E-state index contributed by atoms with van der Waals surface area (Å²) in [4.78, 5) is 24.4. The lowest BCUT2D eigenvalue weighted by Gasteiger charge is -2.10. The van der Waals surface area contributed by atoms with Gasteiger partial charge in [-0.3, -0.25) is 14.5 Å². The second-order valence-electron chi connectivity index (χ2n) is 6.22. The van der Waals surface area contributed by atoms with Gasteiger partial charge >= 0.3 is 0 Å². The zero-order valence-electron chi connectivity index (χ0n) is 15.3. The number of sulfonamides is 1. The van der Waals surface area contributed by atoms with E-state index in [1.165, 1.54) is 12.1 Å². The van der Waals surface area contributed by atoms with Crippen molar-refractivity contribution >= 4 is 33.4 Å². The third-order valence-corrected chi connectivity index (χ3v) is 5.36. The lowest BCUT2D eigenvalue weighted by Crippen LogP contribution is -2.29. The highest BCUT2D eigenvalue weighted by Crippen LogP contribution is 2.17. The van der Waals surface area contributed by atoms with Crippen LogP contribution < -0.4 is 15.4 Å². The molecule has 9 nitrogen and oxygen atoms in total. The zero-order valence-corrected chi connectivity index (χ0v) is 16.1. The van der Waals surface area contributed by atoms with Gasteiger partial charge in [0.05, 0.1) is 4.90 Å². The van der Waals surface area contributed by atoms with E-state index in [-0.39, 0.29) is 17.2 Å². The quantitative estimate of drug-likeness (QED) is 0.578. The molecule has 0 spiro atoms. The zero-order chi connectivity index (χ0) is 19.8. The van der Waals surface area contributed by atoms with Crippen LogP contribution in [0.1, 0.15) is 25.7 Å². The summed E-state index contributed by atoms with van der Waals surface area (Å²) >= 11 is 0. The molecule has 0 bridgehead atoms. The Labute approximate surface area is 163 Å². The molecule has 3 rings (SSSR count). The van der Waals surface area contributed by atoms with Crippen molar-refractivity contribution in [3.8, 4) is 0 Å². The van der Waals surface area contributed by atoms with Crippen LogP contribution in [0, 0.1) is 0 Å². The predicted molar refractivity (Wildman–Crippen MR) is 107 cm³/mol. The second-order valence-corrected chi connectivity index (χ2v) is 7.90. The highest BCUT2D eigenvalue weighted by Gasteiger charge is 2.18. The molecular weight excluding hydrogens is 380 g/mol. The number of benzene rings is 1. The lowest BCUT2D eigenvalue weighted by atomic mass is 10.2. The highest BCUT2D eigenvalue weighted by atomic mass is 32.2. The van der Waals surface area contributed by atoms with Crippen molar-refractivity contribution in [1.82, 2.24) is 14.7 Å². The molecule has 1 aromatic heterocycles. The summed E-state index contributed by atoms with van der Waals surface area (Å²) in [5.41, 5.74) is 0.431. The molecule has 3 N–H and O–H groups in total. The van der Waals surface area contributed by atoms with Crippen LogP contribution in [0.5, 0.6) is 0 Å². The minimum Gasteiger partial charge on any atom is -0.354 e. The Balaban J connectivity index is 1.50. The van der Waals surface area contributed by atoms with Crippen molar-refractivity contribution in [3.63, 3.8) is 0 Å². The smallest absolute Gasteiger partial charge is 0.262 e. The van der Waals surface area contributed by atoms with Crippen molar-refractivity contribution in [1.29, 1.82) is 0 Å². The van der Waals surface area contributed by atoms with Crippen LogP contribution >= 0.6 is 0 Å². The molecule has 0 unspecified atom stereocenters. The number of aromatic nitrogens is 2. The van der Waals surface area contributed by atoms with Crippen LogP contribution in [0.2, 0.25) is 0 Å². The lowest BCUT2D eigenvalue weighted by molar-refractivity contribution is -0.116. The SMILES string of the molecule is O=C(CCCNc1ncccn1)Nc1cccc(S(=O)(=O)NC2=NCCC2)c1. The first-order chi connectivity index (χ1) is 13.5. The molecule has 2 heterocycles. The molecule has 148 valence electrons. The van der Waals surface area contributed by atoms with E-state index in [2.05, 4.69) is 30.3 Å². The number of nitrogens with one attached hydrogen (secondary N) is 3. The fourth-order valence-corrected chi connectivity index (χ4v) is 3.78. The molecule has 1 amide bonds. The van der Waals surface area contributed by atoms with Crippen molar-refractivity contribution in [2.75, 3.05) is 23.7 Å². The van der Waals surface area contributed by atoms with Gasteiger partial charge < -0.3 is 10.6 Å². The van der Waals surface area contributed by atoms with Gasteiger partial charge in [0.2, 0.25) is 11.9 Å². The Morgan fingerprint density at radius 1 is 1.14 bits per heavy atom. The average molecular weight is 402 g/mol. The minimum absolute atomic E-state index is 0.0859. The largest absolute Gasteiger partial charge is 0.354 e. The van der Waals surface area contributed by atoms with E-state index >= 15 is 0 Å². The first-order valence-corrected chi connectivity index (χ1v) is 10.5. The van der Waals surface area contributed by atoms with Gasteiger partial charge in [-0.25, -0.2) is 18.4 Å². The van der Waals surface area contributed by atoms with Gasteiger partial charge in [0.15, 0.2) is 0 Å². The maximum absolute atomic E-state index is 12.4. The van der Waals surface area contributed by atoms with Crippen LogP contribution in [-0.4, -0.2) is 43.2 Å². The first kappa shape index (κ1) is 19.7. The summed E-state index contributed by atoms with van der Waals surface area (Å²) < 4.78 is 27.4. The minimum atomic E-state index is -3.71. The summed E-state index contributed by atoms with van der Waals surface area (Å²) in [7, 11) is -3.71. The average Bonchev–Trinajstić information content (AvgIpc) is 3.19. The number of carbonyl (C=O) groups is 1. The molecule has 0 saturated carbocycles. The summed E-state index contributed by atoms with van der Waals surface area (Å²) in [6.45, 7) is 1.19. The summed E-state index contributed by atoms with van der Waals surface area (Å²) in [6, 6.07) is 7.89. The molecule has 0 fully saturated rings. The van der Waals surface area contributed by atoms with Crippen LogP contribution in [0.25, 0.3) is 0 Å². The van der Waals surface area contributed by atoms with Gasteiger partial charge in [0, 0.05) is 44.0 Å². The van der Waals surface area contributed by atoms with Crippen molar-refractivity contribution in [2.45, 2.75) is 30.6 Å². The van der Waals surface area contributed by atoms with Crippen LogP contribution in [-0.2, 0) is 14.8 Å². The predicted octanol–water partition coefficient (Wildman–Crippen LogP) is 1.78. The van der Waals surface area contributed by atoms with E-state index in [1.807, 2.05) is 0 Å². The molecule has 1 aliphatic rings. The number of hydrogen-bond donors (Lipinski definition) is 3. The molecule has 0 atom stereocenters. The van der Waals surface area contributed by atoms with E-state index in [0.717, 1.165) is 6.42 Å². The molecular formula is C18H22N6O3S. The highest BCUT2D eigenvalue weighted by molar-refractivity contribution is 7.90. The first-order valence-electron chi connectivity index (χ1n) is 9.00. The summed E-state index contributed by atoms with van der Waals surface area (Å²) in [6.07, 6.45) is 5.61. The van der Waals surface area contributed by atoms with Crippen molar-refractivity contribution in [2.24, 2.45) is 4.99 Å². The number of carbonyl (C=O) groups excluding carboxylic acids is 1. The Morgan fingerprint density at radius 3 is 2.71 bits per heavy atom. The van der Waals surface area contributed by atoms with E-state index in [0.29, 0.717) is 43.4 Å². The Kier molecular flexibility index (Phi) is 6.53. The molecule has 2 aromatic rings. The molecule has 1 aliphatic heterocycles. The second kappa shape index (κ2) is 9.27. The molecule has 0 saturated heterocycles. The van der Waals surface area contributed by atoms with Crippen molar-refractivity contribution in [3.05, 3.63) is 42.7 Å². The van der Waals surface area contributed by atoms with E-state index in [1.54, 1.807) is 30.6 Å². The normalized spacial score (nSPS) is 13.6. The maximum atomic E-state index is 12.4. The van der Waals surface area contributed by atoms with Crippen molar-refractivity contribution < 1.29 is 13.2 Å². The summed E-state index contributed by atoms with van der Waals surface area (Å²) in [5, 5.41) is 5.75. The monoisotopic (exact) mass is 402 g/mol. The van der Waals surface area contributed by atoms with Gasteiger partial charge in [-0.15, -0.1) is 0 Å². The Bertz CT molecular complexity index is 947. The number of amidine groups is 1. The number of hydrogen-bond acceptors (Lipinski definition) is 7. The van der Waals surface area contributed by atoms with E-state index < -0.39 is 10.0 Å². The van der Waals surface area contributed by atoms with Gasteiger partial charge in [-0.1, -0.05) is 6.07 Å². The number of rotatable bonds is 8. The molecule has 0 radical (unpaired) electrons. The fraction of sp³-hybridized carbons (Fsp3) is 0.333. The van der Waals surface area contributed by atoms with Crippen LogP contribution in [0.3, 0.4) is 0 Å². The standard InChI is InChI=1S/C18H22N6O3S/c25-17(8-3-10-20-18-21-11-4-12-22-18)23-14-5-1-6-15(13-14)28(26,27)24-16-7-2-9-19-16/h1,4-6,11-13H,2-3,7-10H2,(H,19,24)(H,23,25)(H,20,21,22). The van der Waals surface area contributed by atoms with Gasteiger partial charge in [0.1, 0.15) is 5.84 Å². The van der Waals surface area contributed by atoms with Gasteiger partial charge in [-0.05, 0) is 37.1 Å². The molecule has 10 heteroatoms. The van der Waals surface area contributed by atoms with E-state index in [4.69, 9.17) is 0 Å². The number of aliphatic imine (C=N–C) groups is 1. The number of amides is 1. The third kappa shape index (κ3) is 5.74. The Hall–Kier alpha value is -3.01. The van der Waals surface area contributed by atoms with E-state index in [9.17, 15) is 13.2 Å². The number of nitrogens with zero attached hydrogens (tertiary/aromatic N) is 3. The topological polar surface area (TPSA) is 125 Å². The Morgan fingerprint density at radius 2 is 1.96 bits per heavy atom. The van der Waals surface area contributed by atoms with Gasteiger partial charge in [0.25, 0.3) is 10.0 Å². The van der Waals surface area contributed by atoms with Crippen LogP contribution in [0.4, 0.5) is 11.6 Å². The number of anilines is 2. The molecule has 1 aromatic carbocycles. The van der Waals surface area contributed by atoms with Gasteiger partial charge in [-0.2, -0.15) is 0 Å². The molecule has 0 aliphatic carbocycles.